The number of hydrogen-bond donors (Lipinski definition) is 2. The third-order valence-electron chi connectivity index (χ3n) is 2.90. The molecule has 1 aromatic rings. The Morgan fingerprint density at radius 2 is 1.89 bits per heavy atom. The van der Waals surface area contributed by atoms with E-state index in [4.69, 9.17) is 5.11 Å². The van der Waals surface area contributed by atoms with E-state index in [1.807, 2.05) is 13.8 Å². The average Bonchev–Trinajstić information content (AvgIpc) is 2.27. The Morgan fingerprint density at radius 3 is 2.39 bits per heavy atom. The van der Waals surface area contributed by atoms with Gasteiger partial charge in [-0.15, -0.1) is 0 Å². The molecular formula is C13H16FNO3. The molecule has 0 bridgehead atoms. The summed E-state index contributed by atoms with van der Waals surface area (Å²) in [4.78, 5) is 22.8. The first-order valence-corrected chi connectivity index (χ1v) is 5.67. The van der Waals surface area contributed by atoms with Crippen molar-refractivity contribution < 1.29 is 19.1 Å². The first kappa shape index (κ1) is 14.2. The van der Waals surface area contributed by atoms with Gasteiger partial charge in [-0.25, -0.2) is 9.18 Å². The smallest absolute Gasteiger partial charge is 0.340 e. The summed E-state index contributed by atoms with van der Waals surface area (Å²) in [5.74, 6) is -2.75. The quantitative estimate of drug-likeness (QED) is 0.867. The molecule has 18 heavy (non-hydrogen) atoms. The Balaban J connectivity index is 3.02. The van der Waals surface area contributed by atoms with Gasteiger partial charge in [-0.3, -0.25) is 4.79 Å². The molecule has 1 atom stereocenters. The molecule has 98 valence electrons. The number of amides is 1. The molecule has 0 spiro atoms. The maximum Gasteiger partial charge on any atom is 0.340 e. The van der Waals surface area contributed by atoms with E-state index >= 15 is 0 Å². The molecule has 0 saturated carbocycles. The molecule has 0 aliphatic rings. The van der Waals surface area contributed by atoms with Gasteiger partial charge >= 0.3 is 5.97 Å². The van der Waals surface area contributed by atoms with E-state index in [1.165, 1.54) is 12.1 Å². The number of rotatable bonds is 4. The fraction of sp³-hybridized carbons (Fsp3) is 0.385. The lowest BCUT2D eigenvalue weighted by atomic mass is 9.97. The number of halogens is 1. The zero-order valence-electron chi connectivity index (χ0n) is 10.5. The van der Waals surface area contributed by atoms with Crippen LogP contribution in [0.5, 0.6) is 0 Å². The van der Waals surface area contributed by atoms with E-state index in [1.54, 1.807) is 6.92 Å². The monoisotopic (exact) mass is 253 g/mol. The van der Waals surface area contributed by atoms with Gasteiger partial charge in [-0.1, -0.05) is 26.8 Å². The van der Waals surface area contributed by atoms with Crippen molar-refractivity contribution in [1.82, 2.24) is 0 Å². The fourth-order valence-corrected chi connectivity index (χ4v) is 1.39. The summed E-state index contributed by atoms with van der Waals surface area (Å²) in [6.45, 7) is 5.50. The number of benzene rings is 1. The number of carboxylic acids is 1. The highest BCUT2D eigenvalue weighted by Crippen LogP contribution is 2.21. The van der Waals surface area contributed by atoms with Crippen molar-refractivity contribution in [2.45, 2.75) is 20.8 Å². The summed E-state index contributed by atoms with van der Waals surface area (Å²) >= 11 is 0. The molecule has 4 nitrogen and oxygen atoms in total. The van der Waals surface area contributed by atoms with Crippen molar-refractivity contribution >= 4 is 17.6 Å². The Labute approximate surface area is 105 Å². The molecule has 0 aliphatic heterocycles. The van der Waals surface area contributed by atoms with E-state index in [9.17, 15) is 14.0 Å². The first-order valence-electron chi connectivity index (χ1n) is 5.67. The molecule has 0 aromatic heterocycles. The summed E-state index contributed by atoms with van der Waals surface area (Å²) in [6.07, 6.45) is 0. The van der Waals surface area contributed by atoms with Crippen LogP contribution in [0, 0.1) is 17.7 Å². The molecule has 0 fully saturated rings. The number of anilines is 1. The Bertz CT molecular complexity index is 471. The molecule has 1 amide bonds. The molecule has 0 radical (unpaired) electrons. The van der Waals surface area contributed by atoms with Crippen LogP contribution in [0.1, 0.15) is 31.1 Å². The second kappa shape index (κ2) is 5.62. The zero-order valence-corrected chi connectivity index (χ0v) is 10.5. The van der Waals surface area contributed by atoms with Gasteiger partial charge in [0.2, 0.25) is 5.91 Å². The number of carbonyl (C=O) groups excluding carboxylic acids is 1. The lowest BCUT2D eigenvalue weighted by Crippen LogP contribution is -2.25. The van der Waals surface area contributed by atoms with E-state index in [-0.39, 0.29) is 23.4 Å². The predicted molar refractivity (Wildman–Crippen MR) is 66.0 cm³/mol. The average molecular weight is 253 g/mol. The number of nitrogens with one attached hydrogen (secondary N) is 1. The second-order valence-electron chi connectivity index (χ2n) is 4.49. The van der Waals surface area contributed by atoms with Crippen LogP contribution >= 0.6 is 0 Å². The number of carbonyl (C=O) groups is 2. The summed E-state index contributed by atoms with van der Waals surface area (Å²) in [5.41, 5.74) is -0.526. The van der Waals surface area contributed by atoms with Crippen LogP contribution in [0.4, 0.5) is 10.1 Å². The maximum atomic E-state index is 13.4. The van der Waals surface area contributed by atoms with E-state index in [0.29, 0.717) is 0 Å². The minimum Gasteiger partial charge on any atom is -0.478 e. The molecule has 1 aromatic carbocycles. The molecule has 1 rings (SSSR count). The van der Waals surface area contributed by atoms with E-state index < -0.39 is 17.3 Å². The molecule has 1 unspecified atom stereocenters. The minimum absolute atomic E-state index is 0.0139. The number of aromatic carboxylic acids is 1. The van der Waals surface area contributed by atoms with Gasteiger partial charge in [-0.05, 0) is 18.1 Å². The van der Waals surface area contributed by atoms with Gasteiger partial charge in [0, 0.05) is 5.92 Å². The van der Waals surface area contributed by atoms with Crippen molar-refractivity contribution in [3.05, 3.63) is 29.6 Å². The molecule has 5 heteroatoms. The largest absolute Gasteiger partial charge is 0.478 e. The third-order valence-corrected chi connectivity index (χ3v) is 2.90. The second-order valence-corrected chi connectivity index (χ2v) is 4.49. The first-order chi connectivity index (χ1) is 8.34. The topological polar surface area (TPSA) is 66.4 Å². The predicted octanol–water partition coefficient (Wildman–Crippen LogP) is 2.75. The van der Waals surface area contributed by atoms with Crippen LogP contribution in [-0.4, -0.2) is 17.0 Å². The molecule has 2 N–H and O–H groups in total. The van der Waals surface area contributed by atoms with Gasteiger partial charge in [0.15, 0.2) is 0 Å². The number of carboxylic acid groups (broad SMARTS) is 1. The van der Waals surface area contributed by atoms with Gasteiger partial charge in [0.05, 0.1) is 5.69 Å². The van der Waals surface area contributed by atoms with Crippen LogP contribution in [0.2, 0.25) is 0 Å². The maximum absolute atomic E-state index is 13.4. The number of hydrogen-bond acceptors (Lipinski definition) is 2. The summed E-state index contributed by atoms with van der Waals surface area (Å²) < 4.78 is 13.4. The Morgan fingerprint density at radius 1 is 1.28 bits per heavy atom. The standard InChI is InChI=1S/C13H16FNO3/c1-7(2)8(3)12(16)15-10-6-4-5-9(14)11(10)13(17)18/h4-8H,1-3H3,(H,15,16)(H,17,18). The van der Waals surface area contributed by atoms with Crippen molar-refractivity contribution in [3.8, 4) is 0 Å². The lowest BCUT2D eigenvalue weighted by Gasteiger charge is -2.16. The normalized spacial score (nSPS) is 12.3. The zero-order chi connectivity index (χ0) is 13.9. The van der Waals surface area contributed by atoms with E-state index in [0.717, 1.165) is 6.07 Å². The highest BCUT2D eigenvalue weighted by atomic mass is 19.1. The van der Waals surface area contributed by atoms with Crippen LogP contribution < -0.4 is 5.32 Å². The Kier molecular flexibility index (Phi) is 4.42. The van der Waals surface area contributed by atoms with Crippen LogP contribution in [0.3, 0.4) is 0 Å². The van der Waals surface area contributed by atoms with Gasteiger partial charge in [0.25, 0.3) is 0 Å². The third kappa shape index (κ3) is 3.06. The molecule has 0 heterocycles. The highest BCUT2D eigenvalue weighted by molar-refractivity contribution is 6.01. The SMILES string of the molecule is CC(C)C(C)C(=O)Nc1cccc(F)c1C(=O)O. The fourth-order valence-electron chi connectivity index (χ4n) is 1.39. The van der Waals surface area contributed by atoms with E-state index in [2.05, 4.69) is 5.32 Å². The van der Waals surface area contributed by atoms with Crippen LogP contribution in [-0.2, 0) is 4.79 Å². The minimum atomic E-state index is -1.40. The lowest BCUT2D eigenvalue weighted by molar-refractivity contribution is -0.120. The molecule has 0 aliphatic carbocycles. The highest BCUT2D eigenvalue weighted by Gasteiger charge is 2.21. The van der Waals surface area contributed by atoms with Gasteiger partial charge < -0.3 is 10.4 Å². The summed E-state index contributed by atoms with van der Waals surface area (Å²) in [5, 5.41) is 11.4. The Hall–Kier alpha value is -1.91. The summed E-state index contributed by atoms with van der Waals surface area (Å²) in [6, 6.07) is 3.78. The van der Waals surface area contributed by atoms with Gasteiger partial charge in [-0.2, -0.15) is 0 Å². The van der Waals surface area contributed by atoms with Crippen LogP contribution in [0.25, 0.3) is 0 Å². The van der Waals surface area contributed by atoms with Crippen molar-refractivity contribution in [2.24, 2.45) is 11.8 Å². The van der Waals surface area contributed by atoms with Crippen LogP contribution in [0.15, 0.2) is 18.2 Å². The molecular weight excluding hydrogens is 237 g/mol. The van der Waals surface area contributed by atoms with Gasteiger partial charge in [0.1, 0.15) is 11.4 Å². The summed E-state index contributed by atoms with van der Waals surface area (Å²) in [7, 11) is 0. The van der Waals surface area contributed by atoms with Crippen molar-refractivity contribution in [3.63, 3.8) is 0 Å². The molecule has 0 saturated heterocycles. The van der Waals surface area contributed by atoms with Crippen molar-refractivity contribution in [1.29, 1.82) is 0 Å². The van der Waals surface area contributed by atoms with Crippen molar-refractivity contribution in [2.75, 3.05) is 5.32 Å².